The van der Waals surface area contributed by atoms with Crippen LogP contribution in [0.3, 0.4) is 0 Å². The molecule has 0 bridgehead atoms. The number of carbonyl (C=O) groups excluding carboxylic acids is 1. The topological polar surface area (TPSA) is 49.0 Å². The van der Waals surface area contributed by atoms with Gasteiger partial charge in [0.2, 0.25) is 0 Å². The van der Waals surface area contributed by atoms with Crippen molar-refractivity contribution < 1.29 is 4.79 Å². The number of likely N-dealkylation sites (tertiary alicyclic amines) is 1. The first-order valence-electron chi connectivity index (χ1n) is 7.53. The van der Waals surface area contributed by atoms with Gasteiger partial charge in [-0.1, -0.05) is 25.1 Å². The van der Waals surface area contributed by atoms with Crippen LogP contribution in [0.25, 0.3) is 22.0 Å². The predicted octanol–water partition coefficient (Wildman–Crippen LogP) is 3.32. The molecule has 1 fully saturated rings. The first-order chi connectivity index (χ1) is 10.7. The van der Waals surface area contributed by atoms with Crippen LogP contribution in [0.5, 0.6) is 0 Å². The highest BCUT2D eigenvalue weighted by Gasteiger charge is 2.28. The molecule has 1 N–H and O–H groups in total. The molecule has 1 aliphatic heterocycles. The van der Waals surface area contributed by atoms with Crippen LogP contribution in [0.1, 0.15) is 17.4 Å². The molecule has 2 aromatic heterocycles. The third kappa shape index (κ3) is 2.17. The van der Waals surface area contributed by atoms with Crippen LogP contribution in [0.4, 0.5) is 0 Å². The van der Waals surface area contributed by atoms with Gasteiger partial charge in [-0.05, 0) is 29.7 Å². The van der Waals surface area contributed by atoms with Gasteiger partial charge >= 0.3 is 0 Å². The summed E-state index contributed by atoms with van der Waals surface area (Å²) in [6.07, 6.45) is 3.61. The highest BCUT2D eigenvalue weighted by atomic mass is 16.2. The van der Waals surface area contributed by atoms with Gasteiger partial charge in [-0.3, -0.25) is 9.78 Å². The van der Waals surface area contributed by atoms with Crippen molar-refractivity contribution in [2.75, 3.05) is 13.1 Å². The fraction of sp³-hybridized carbons (Fsp3) is 0.222. The van der Waals surface area contributed by atoms with Crippen molar-refractivity contribution >= 4 is 16.8 Å². The second-order valence-electron chi connectivity index (χ2n) is 6.04. The second-order valence-corrected chi connectivity index (χ2v) is 6.04. The van der Waals surface area contributed by atoms with E-state index in [9.17, 15) is 4.79 Å². The molecule has 4 nitrogen and oxygen atoms in total. The molecule has 1 aromatic carbocycles. The minimum absolute atomic E-state index is 0.0947. The Balaban J connectivity index is 1.68. The van der Waals surface area contributed by atoms with Gasteiger partial charge in [-0.15, -0.1) is 0 Å². The van der Waals surface area contributed by atoms with E-state index in [0.29, 0.717) is 11.6 Å². The van der Waals surface area contributed by atoms with Crippen LogP contribution in [0.15, 0.2) is 48.8 Å². The first-order valence-corrected chi connectivity index (χ1v) is 7.53. The second kappa shape index (κ2) is 4.98. The van der Waals surface area contributed by atoms with Crippen LogP contribution < -0.4 is 0 Å². The maximum atomic E-state index is 12.4. The Bertz CT molecular complexity index is 832. The van der Waals surface area contributed by atoms with E-state index in [1.165, 1.54) is 0 Å². The Morgan fingerprint density at radius 2 is 2.09 bits per heavy atom. The fourth-order valence-electron chi connectivity index (χ4n) is 2.99. The zero-order chi connectivity index (χ0) is 15.1. The van der Waals surface area contributed by atoms with E-state index in [4.69, 9.17) is 0 Å². The number of fused-ring (bicyclic) bond motifs is 1. The van der Waals surface area contributed by atoms with Crippen molar-refractivity contribution in [3.8, 4) is 11.1 Å². The number of hydrogen-bond donors (Lipinski definition) is 1. The molecule has 1 aliphatic rings. The van der Waals surface area contributed by atoms with Crippen molar-refractivity contribution in [2.24, 2.45) is 5.92 Å². The summed E-state index contributed by atoms with van der Waals surface area (Å²) >= 11 is 0. The number of nitrogens with zero attached hydrogens (tertiary/aromatic N) is 2. The number of amides is 1. The van der Waals surface area contributed by atoms with Gasteiger partial charge in [-0.2, -0.15) is 0 Å². The van der Waals surface area contributed by atoms with Crippen LogP contribution >= 0.6 is 0 Å². The average Bonchev–Trinajstić information content (AvgIpc) is 2.95. The smallest absolute Gasteiger partial charge is 0.270 e. The lowest BCUT2D eigenvalue weighted by Gasteiger charge is -2.36. The van der Waals surface area contributed by atoms with E-state index >= 15 is 0 Å². The maximum Gasteiger partial charge on any atom is 0.270 e. The zero-order valence-corrected chi connectivity index (χ0v) is 12.4. The highest BCUT2D eigenvalue weighted by molar-refractivity contribution is 5.99. The molecule has 1 saturated heterocycles. The number of hydrogen-bond acceptors (Lipinski definition) is 2. The SMILES string of the molecule is CC1CN(C(=O)c2cc3ccc(-c4cccnc4)cc3[nH]2)C1. The molecule has 0 radical (unpaired) electrons. The molecule has 0 saturated carbocycles. The lowest BCUT2D eigenvalue weighted by molar-refractivity contribution is 0.0525. The summed E-state index contributed by atoms with van der Waals surface area (Å²) in [6, 6.07) is 12.1. The summed E-state index contributed by atoms with van der Waals surface area (Å²) in [5, 5.41) is 1.06. The number of benzene rings is 1. The number of aromatic amines is 1. The minimum Gasteiger partial charge on any atom is -0.351 e. The third-order valence-corrected chi connectivity index (χ3v) is 4.20. The molecule has 110 valence electrons. The third-order valence-electron chi connectivity index (χ3n) is 4.20. The fourth-order valence-corrected chi connectivity index (χ4v) is 2.99. The summed E-state index contributed by atoms with van der Waals surface area (Å²) in [4.78, 5) is 21.7. The van der Waals surface area contributed by atoms with Crippen molar-refractivity contribution in [3.05, 3.63) is 54.5 Å². The summed E-state index contributed by atoms with van der Waals surface area (Å²) in [5.41, 5.74) is 3.82. The van der Waals surface area contributed by atoms with Gasteiger partial charge in [0.25, 0.3) is 5.91 Å². The number of rotatable bonds is 2. The van der Waals surface area contributed by atoms with Gasteiger partial charge in [0, 0.05) is 41.9 Å². The largest absolute Gasteiger partial charge is 0.351 e. The average molecular weight is 291 g/mol. The zero-order valence-electron chi connectivity index (χ0n) is 12.4. The molecular formula is C18H17N3O. The Kier molecular flexibility index (Phi) is 2.96. The van der Waals surface area contributed by atoms with Crippen LogP contribution in [-0.2, 0) is 0 Å². The maximum absolute atomic E-state index is 12.4. The molecule has 22 heavy (non-hydrogen) atoms. The van der Waals surface area contributed by atoms with E-state index in [0.717, 1.165) is 35.1 Å². The van der Waals surface area contributed by atoms with Crippen LogP contribution in [0.2, 0.25) is 0 Å². The van der Waals surface area contributed by atoms with Gasteiger partial charge < -0.3 is 9.88 Å². The summed E-state index contributed by atoms with van der Waals surface area (Å²) in [7, 11) is 0. The van der Waals surface area contributed by atoms with Crippen LogP contribution in [-0.4, -0.2) is 33.9 Å². The molecule has 3 heterocycles. The number of nitrogens with one attached hydrogen (secondary N) is 1. The van der Waals surface area contributed by atoms with Crippen molar-refractivity contribution in [1.82, 2.24) is 14.9 Å². The van der Waals surface area contributed by atoms with Crippen molar-refractivity contribution in [2.45, 2.75) is 6.92 Å². The van der Waals surface area contributed by atoms with Gasteiger partial charge in [-0.25, -0.2) is 0 Å². The van der Waals surface area contributed by atoms with E-state index < -0.39 is 0 Å². The highest BCUT2D eigenvalue weighted by Crippen LogP contribution is 2.25. The monoisotopic (exact) mass is 291 g/mol. The van der Waals surface area contributed by atoms with E-state index in [2.05, 4.69) is 29.0 Å². The molecule has 0 aliphatic carbocycles. The molecule has 1 amide bonds. The molecule has 4 rings (SSSR count). The summed E-state index contributed by atoms with van der Waals surface area (Å²) < 4.78 is 0. The van der Waals surface area contributed by atoms with Gasteiger partial charge in [0.1, 0.15) is 5.69 Å². The normalized spacial score (nSPS) is 15.0. The number of H-pyrrole nitrogens is 1. The quantitative estimate of drug-likeness (QED) is 0.787. The minimum atomic E-state index is 0.0947. The molecular weight excluding hydrogens is 274 g/mol. The Hall–Kier alpha value is -2.62. The summed E-state index contributed by atoms with van der Waals surface area (Å²) in [5.74, 6) is 0.711. The first kappa shape index (κ1) is 13.1. The molecule has 0 unspecified atom stereocenters. The van der Waals surface area contributed by atoms with Gasteiger partial charge in [0.05, 0.1) is 0 Å². The van der Waals surface area contributed by atoms with E-state index in [-0.39, 0.29) is 5.91 Å². The van der Waals surface area contributed by atoms with Crippen molar-refractivity contribution in [1.29, 1.82) is 0 Å². The number of aromatic nitrogens is 2. The molecule has 0 atom stereocenters. The Morgan fingerprint density at radius 3 is 2.82 bits per heavy atom. The lowest BCUT2D eigenvalue weighted by atomic mass is 10.0. The van der Waals surface area contributed by atoms with Gasteiger partial charge in [0.15, 0.2) is 0 Å². The van der Waals surface area contributed by atoms with E-state index in [1.54, 1.807) is 6.20 Å². The van der Waals surface area contributed by atoms with Crippen molar-refractivity contribution in [3.63, 3.8) is 0 Å². The lowest BCUT2D eigenvalue weighted by Crippen LogP contribution is -2.48. The molecule has 3 aromatic rings. The molecule has 4 heteroatoms. The van der Waals surface area contributed by atoms with Crippen LogP contribution in [0, 0.1) is 5.92 Å². The number of carbonyl (C=O) groups is 1. The Labute approximate surface area is 128 Å². The summed E-state index contributed by atoms with van der Waals surface area (Å²) in [6.45, 7) is 3.87. The predicted molar refractivity (Wildman–Crippen MR) is 86.6 cm³/mol. The number of pyridine rings is 1. The van der Waals surface area contributed by atoms with E-state index in [1.807, 2.05) is 35.4 Å². The standard InChI is InChI=1S/C18H17N3O/c1-12-10-21(11-12)18(22)17-8-14-5-4-13(7-16(14)20-17)15-3-2-6-19-9-15/h2-9,12,20H,10-11H2,1H3. The molecule has 0 spiro atoms. The Morgan fingerprint density at radius 1 is 1.23 bits per heavy atom.